The van der Waals surface area contributed by atoms with Gasteiger partial charge in [-0.1, -0.05) is 13.3 Å². The summed E-state index contributed by atoms with van der Waals surface area (Å²) in [6, 6.07) is 0. The average Bonchev–Trinajstić information content (AvgIpc) is 3.34. The number of rotatable bonds is 6. The summed E-state index contributed by atoms with van der Waals surface area (Å²) in [4.78, 5) is 38.2. The number of carbonyl (C=O) groups excluding carboxylic acids is 3. The SMILES string of the molecule is COC1C=C([C@H]2C[C@@]3(C(=O)O2)[C@H](C)C[C@H](OC(C)=O)[C@]2(COC(C)=O)[C@@H]3CCC[C@]23CO3)C(OC)O1. The molecule has 4 fully saturated rings. The van der Waals surface area contributed by atoms with Crippen LogP contribution < -0.4 is 0 Å². The van der Waals surface area contributed by atoms with Crippen LogP contribution in [0.1, 0.15) is 52.9 Å². The molecular weight excluding hydrogens is 472 g/mol. The van der Waals surface area contributed by atoms with Crippen molar-refractivity contribution in [1.29, 1.82) is 0 Å². The quantitative estimate of drug-likeness (QED) is 0.229. The first kappa shape index (κ1) is 25.6. The number of methoxy groups -OCH3 is 2. The van der Waals surface area contributed by atoms with Gasteiger partial charge in [0, 0.05) is 40.1 Å². The van der Waals surface area contributed by atoms with E-state index in [0.29, 0.717) is 25.9 Å². The number of epoxide rings is 1. The van der Waals surface area contributed by atoms with Crippen molar-refractivity contribution in [3.05, 3.63) is 11.6 Å². The van der Waals surface area contributed by atoms with Gasteiger partial charge >= 0.3 is 17.9 Å². The fourth-order valence-electron chi connectivity index (χ4n) is 7.71. The molecule has 0 bridgehead atoms. The van der Waals surface area contributed by atoms with Gasteiger partial charge in [-0.2, -0.15) is 0 Å². The van der Waals surface area contributed by atoms with Crippen LogP contribution in [-0.2, 0) is 47.5 Å². The maximum Gasteiger partial charge on any atom is 0.313 e. The maximum absolute atomic E-state index is 14.0. The van der Waals surface area contributed by atoms with Gasteiger partial charge in [-0.15, -0.1) is 0 Å². The maximum atomic E-state index is 14.0. The Morgan fingerprint density at radius 1 is 1.17 bits per heavy atom. The number of hydrogen-bond donors (Lipinski definition) is 0. The summed E-state index contributed by atoms with van der Waals surface area (Å²) in [6.07, 6.45) is 2.63. The summed E-state index contributed by atoms with van der Waals surface area (Å²) < 4.78 is 40.4. The van der Waals surface area contributed by atoms with E-state index < -0.39 is 53.2 Å². The summed E-state index contributed by atoms with van der Waals surface area (Å²) in [5.74, 6) is -1.53. The number of esters is 3. The van der Waals surface area contributed by atoms with E-state index in [1.807, 2.05) is 6.92 Å². The Morgan fingerprint density at radius 3 is 2.53 bits per heavy atom. The summed E-state index contributed by atoms with van der Waals surface area (Å²) >= 11 is 0. The lowest BCUT2D eigenvalue weighted by molar-refractivity contribution is -0.228. The van der Waals surface area contributed by atoms with Crippen molar-refractivity contribution in [1.82, 2.24) is 0 Å². The second kappa shape index (κ2) is 9.08. The van der Waals surface area contributed by atoms with E-state index in [1.165, 1.54) is 28.1 Å². The Bertz CT molecular complexity index is 956. The Morgan fingerprint density at radius 2 is 1.92 bits per heavy atom. The van der Waals surface area contributed by atoms with Crippen molar-refractivity contribution in [2.45, 2.75) is 83.3 Å². The zero-order valence-corrected chi connectivity index (χ0v) is 21.6. The molecule has 0 N–H and O–H groups in total. The normalized spacial score (nSPS) is 45.2. The minimum absolute atomic E-state index is 0.0234. The van der Waals surface area contributed by atoms with Gasteiger partial charge in [0.2, 0.25) is 0 Å². The number of cyclic esters (lactones) is 1. The molecule has 2 saturated carbocycles. The van der Waals surface area contributed by atoms with Gasteiger partial charge in [-0.05, 0) is 37.2 Å². The molecule has 10 heteroatoms. The molecule has 0 aromatic heterocycles. The molecule has 2 spiro atoms. The molecule has 3 heterocycles. The van der Waals surface area contributed by atoms with Crippen LogP contribution >= 0.6 is 0 Å². The Labute approximate surface area is 210 Å². The van der Waals surface area contributed by atoms with E-state index in [-0.39, 0.29) is 24.4 Å². The topological polar surface area (TPSA) is 119 Å². The lowest BCUT2D eigenvalue weighted by Crippen LogP contribution is -2.68. The van der Waals surface area contributed by atoms with Gasteiger partial charge in [-0.3, -0.25) is 14.4 Å². The summed E-state index contributed by atoms with van der Waals surface area (Å²) in [6.45, 7) is 5.27. The average molecular weight is 509 g/mol. The van der Waals surface area contributed by atoms with Crippen molar-refractivity contribution in [2.75, 3.05) is 27.4 Å². The smallest absolute Gasteiger partial charge is 0.313 e. The molecule has 3 aliphatic heterocycles. The molecule has 10 nitrogen and oxygen atoms in total. The van der Waals surface area contributed by atoms with E-state index in [0.717, 1.165) is 18.4 Å². The highest BCUT2D eigenvalue weighted by Crippen LogP contribution is 2.70. The summed E-state index contributed by atoms with van der Waals surface area (Å²) in [5, 5.41) is 0. The molecular formula is C26H36O10. The van der Waals surface area contributed by atoms with Gasteiger partial charge in [-0.25, -0.2) is 0 Å². The summed E-state index contributed by atoms with van der Waals surface area (Å²) in [5.41, 5.74) is -1.60. The monoisotopic (exact) mass is 508 g/mol. The molecule has 0 aromatic rings. The lowest BCUT2D eigenvalue weighted by atomic mass is 9.42. The van der Waals surface area contributed by atoms with Gasteiger partial charge in [0.05, 0.1) is 17.4 Å². The molecule has 2 unspecified atom stereocenters. The zero-order chi connectivity index (χ0) is 25.9. The summed E-state index contributed by atoms with van der Waals surface area (Å²) in [7, 11) is 3.08. The minimum Gasteiger partial charge on any atom is -0.465 e. The van der Waals surface area contributed by atoms with Gasteiger partial charge in [0.1, 0.15) is 24.4 Å². The van der Waals surface area contributed by atoms with Crippen LogP contribution in [0.3, 0.4) is 0 Å². The van der Waals surface area contributed by atoms with Crippen LogP contribution in [0.5, 0.6) is 0 Å². The third kappa shape index (κ3) is 3.63. The zero-order valence-electron chi connectivity index (χ0n) is 21.6. The molecule has 2 aliphatic carbocycles. The third-order valence-corrected chi connectivity index (χ3v) is 9.33. The molecule has 2 saturated heterocycles. The molecule has 5 rings (SSSR count). The second-order valence-electron chi connectivity index (χ2n) is 10.9. The van der Waals surface area contributed by atoms with Crippen LogP contribution in [0.2, 0.25) is 0 Å². The third-order valence-electron chi connectivity index (χ3n) is 9.33. The van der Waals surface area contributed by atoms with Crippen molar-refractivity contribution in [2.24, 2.45) is 22.7 Å². The number of hydrogen-bond acceptors (Lipinski definition) is 10. The molecule has 0 radical (unpaired) electrons. The Hall–Kier alpha value is -2.01. The van der Waals surface area contributed by atoms with E-state index in [1.54, 1.807) is 6.08 Å². The fourth-order valence-corrected chi connectivity index (χ4v) is 7.71. The van der Waals surface area contributed by atoms with Gasteiger partial charge in [0.15, 0.2) is 12.6 Å². The standard InChI is InChI=1S/C26H36O10/c1-14-9-20(34-16(3)28)26(13-32-15(2)27)19(7-6-8-24(26)12-33-24)25(14)11-18(35-23(25)29)17-10-21(30-4)36-22(17)31-5/h10,14,18-22H,6-9,11-13H2,1-5H3/t14-,18-,19-,20+,21?,22?,24+,25-,26+/m1/s1. The highest BCUT2D eigenvalue weighted by Gasteiger charge is 2.78. The van der Waals surface area contributed by atoms with Crippen molar-refractivity contribution < 1.29 is 47.5 Å². The first-order chi connectivity index (χ1) is 17.1. The molecule has 5 aliphatic rings. The first-order valence-corrected chi connectivity index (χ1v) is 12.7. The number of ether oxygens (including phenoxy) is 7. The molecule has 0 aromatic carbocycles. The van der Waals surface area contributed by atoms with Crippen LogP contribution in [0.4, 0.5) is 0 Å². The van der Waals surface area contributed by atoms with Gasteiger partial charge < -0.3 is 33.2 Å². The first-order valence-electron chi connectivity index (χ1n) is 12.7. The molecule has 0 amide bonds. The van der Waals surface area contributed by atoms with E-state index in [4.69, 9.17) is 33.2 Å². The highest BCUT2D eigenvalue weighted by atomic mass is 16.8. The van der Waals surface area contributed by atoms with Crippen molar-refractivity contribution in [3.8, 4) is 0 Å². The second-order valence-corrected chi connectivity index (χ2v) is 10.9. The lowest BCUT2D eigenvalue weighted by Gasteiger charge is -2.61. The number of fused-ring (bicyclic) bond motifs is 3. The minimum atomic E-state index is -0.870. The van der Waals surface area contributed by atoms with Crippen molar-refractivity contribution in [3.63, 3.8) is 0 Å². The van der Waals surface area contributed by atoms with Crippen LogP contribution in [0.25, 0.3) is 0 Å². The fraction of sp³-hybridized carbons (Fsp3) is 0.808. The van der Waals surface area contributed by atoms with Crippen LogP contribution in [0.15, 0.2) is 11.6 Å². The van der Waals surface area contributed by atoms with E-state index in [2.05, 4.69) is 0 Å². The van der Waals surface area contributed by atoms with Crippen LogP contribution in [0, 0.1) is 22.7 Å². The predicted octanol–water partition coefficient (Wildman–Crippen LogP) is 2.28. The Kier molecular flexibility index (Phi) is 6.46. The number of carbonyl (C=O) groups is 3. The van der Waals surface area contributed by atoms with E-state index >= 15 is 0 Å². The predicted molar refractivity (Wildman–Crippen MR) is 122 cm³/mol. The van der Waals surface area contributed by atoms with Crippen LogP contribution in [-0.4, -0.2) is 75.7 Å². The molecule has 9 atom stereocenters. The van der Waals surface area contributed by atoms with Crippen molar-refractivity contribution >= 4 is 17.9 Å². The van der Waals surface area contributed by atoms with Gasteiger partial charge in [0.25, 0.3) is 0 Å². The van der Waals surface area contributed by atoms with E-state index in [9.17, 15) is 14.4 Å². The molecule has 200 valence electrons. The molecule has 36 heavy (non-hydrogen) atoms. The highest BCUT2D eigenvalue weighted by molar-refractivity contribution is 5.81. The largest absolute Gasteiger partial charge is 0.465 e. The Balaban J connectivity index is 1.58.